The summed E-state index contributed by atoms with van der Waals surface area (Å²) < 4.78 is 28.4. The molecule has 1 heterocycles. The zero-order valence-electron chi connectivity index (χ0n) is 13.9. The Kier molecular flexibility index (Phi) is 5.11. The van der Waals surface area contributed by atoms with Gasteiger partial charge in [-0.1, -0.05) is 35.9 Å². The third kappa shape index (κ3) is 4.12. The number of para-hydroxylation sites is 1. The maximum Gasteiger partial charge on any atom is 0.264 e. The first-order chi connectivity index (χ1) is 12.3. The van der Waals surface area contributed by atoms with E-state index >= 15 is 0 Å². The highest BCUT2D eigenvalue weighted by Gasteiger charge is 2.20. The number of aryl methyl sites for hydroxylation is 1. The summed E-state index contributed by atoms with van der Waals surface area (Å²) in [6, 6.07) is 16.8. The van der Waals surface area contributed by atoms with Crippen LogP contribution in [0.4, 0.5) is 0 Å². The Labute approximate surface area is 156 Å². The average Bonchev–Trinajstić information content (AvgIpc) is 2.95. The van der Waals surface area contributed by atoms with E-state index < -0.39 is 15.9 Å². The summed E-state index contributed by atoms with van der Waals surface area (Å²) in [5.74, 6) is -0.651. The minimum atomic E-state index is -3.99. The number of sulfonamides is 1. The Bertz CT molecular complexity index is 1050. The summed E-state index contributed by atoms with van der Waals surface area (Å²) in [5.41, 5.74) is 2.11. The van der Waals surface area contributed by atoms with Crippen LogP contribution in [0.5, 0.6) is 0 Å². The van der Waals surface area contributed by atoms with E-state index in [0.717, 1.165) is 11.4 Å². The van der Waals surface area contributed by atoms with Gasteiger partial charge in [0.05, 0.1) is 28.4 Å². The van der Waals surface area contributed by atoms with E-state index in [0.29, 0.717) is 5.69 Å². The van der Waals surface area contributed by atoms with E-state index in [1.165, 1.54) is 18.2 Å². The molecular weight excluding hydrogens is 374 g/mol. The summed E-state index contributed by atoms with van der Waals surface area (Å²) in [4.78, 5) is 12.3. The van der Waals surface area contributed by atoms with Gasteiger partial charge in [0.15, 0.2) is 0 Å². The lowest BCUT2D eigenvalue weighted by Crippen LogP contribution is -2.32. The van der Waals surface area contributed by atoms with Crippen molar-refractivity contribution in [1.29, 1.82) is 0 Å². The monoisotopic (exact) mass is 389 g/mol. The van der Waals surface area contributed by atoms with Gasteiger partial charge in [0.25, 0.3) is 10.0 Å². The normalized spacial score (nSPS) is 11.3. The molecule has 26 heavy (non-hydrogen) atoms. The smallest absolute Gasteiger partial charge is 0.264 e. The van der Waals surface area contributed by atoms with E-state index in [1.807, 2.05) is 37.3 Å². The van der Waals surface area contributed by atoms with E-state index in [9.17, 15) is 13.2 Å². The van der Waals surface area contributed by atoms with Crippen LogP contribution in [0.2, 0.25) is 5.02 Å². The molecule has 0 spiro atoms. The highest BCUT2D eigenvalue weighted by Crippen LogP contribution is 2.16. The SMILES string of the molecule is Cc1cc(CC(=O)NS(=O)(=O)c2cccc(Cl)c2)n(-c2ccccc2)n1. The second-order valence-corrected chi connectivity index (χ2v) is 7.81. The van der Waals surface area contributed by atoms with Crippen LogP contribution >= 0.6 is 11.6 Å². The van der Waals surface area contributed by atoms with Crippen LogP contribution < -0.4 is 4.72 Å². The second-order valence-electron chi connectivity index (χ2n) is 5.69. The molecule has 1 amide bonds. The molecule has 0 fully saturated rings. The van der Waals surface area contributed by atoms with Crippen molar-refractivity contribution >= 4 is 27.5 Å². The Morgan fingerprint density at radius 1 is 1.12 bits per heavy atom. The third-order valence-electron chi connectivity index (χ3n) is 3.60. The van der Waals surface area contributed by atoms with Gasteiger partial charge in [-0.05, 0) is 43.3 Å². The fraction of sp³-hybridized carbons (Fsp3) is 0.111. The molecule has 0 aliphatic carbocycles. The Morgan fingerprint density at radius 3 is 2.54 bits per heavy atom. The van der Waals surface area contributed by atoms with Crippen molar-refractivity contribution in [3.8, 4) is 5.69 Å². The highest BCUT2D eigenvalue weighted by molar-refractivity contribution is 7.90. The molecule has 0 aliphatic heterocycles. The third-order valence-corrected chi connectivity index (χ3v) is 5.21. The number of nitrogens with zero attached hydrogens (tertiary/aromatic N) is 2. The standard InChI is InChI=1S/C18H16ClN3O3S/c1-13-10-16(22(20-13)15-7-3-2-4-8-15)12-18(23)21-26(24,25)17-9-5-6-14(19)11-17/h2-11H,12H2,1H3,(H,21,23). The number of nitrogens with one attached hydrogen (secondary N) is 1. The topological polar surface area (TPSA) is 81.1 Å². The lowest BCUT2D eigenvalue weighted by molar-refractivity contribution is -0.118. The molecule has 2 aromatic carbocycles. The van der Waals surface area contributed by atoms with Gasteiger partial charge in [0, 0.05) is 5.02 Å². The molecular formula is C18H16ClN3O3S. The first-order valence-electron chi connectivity index (χ1n) is 7.77. The first kappa shape index (κ1) is 18.2. The molecule has 0 radical (unpaired) electrons. The van der Waals surface area contributed by atoms with E-state index in [4.69, 9.17) is 11.6 Å². The van der Waals surface area contributed by atoms with Crippen molar-refractivity contribution < 1.29 is 13.2 Å². The molecule has 1 N–H and O–H groups in total. The maximum absolute atomic E-state index is 12.3. The molecule has 1 aromatic heterocycles. The number of carbonyl (C=O) groups excluding carboxylic acids is 1. The van der Waals surface area contributed by atoms with Gasteiger partial charge in [-0.15, -0.1) is 0 Å². The van der Waals surface area contributed by atoms with Crippen molar-refractivity contribution in [2.45, 2.75) is 18.2 Å². The number of benzene rings is 2. The molecule has 3 rings (SSSR count). The van der Waals surface area contributed by atoms with Crippen LogP contribution in [0.1, 0.15) is 11.4 Å². The lowest BCUT2D eigenvalue weighted by atomic mass is 10.2. The van der Waals surface area contributed by atoms with Gasteiger partial charge in [0.1, 0.15) is 0 Å². The Hall–Kier alpha value is -2.64. The maximum atomic E-state index is 12.3. The van der Waals surface area contributed by atoms with Crippen LogP contribution in [0, 0.1) is 6.92 Å². The number of rotatable bonds is 5. The molecule has 0 saturated heterocycles. The molecule has 0 unspecified atom stereocenters. The number of hydrogen-bond donors (Lipinski definition) is 1. The van der Waals surface area contributed by atoms with Crippen LogP contribution in [0.25, 0.3) is 5.69 Å². The quantitative estimate of drug-likeness (QED) is 0.727. The predicted octanol–water partition coefficient (Wildman–Crippen LogP) is 2.88. The van der Waals surface area contributed by atoms with Crippen molar-refractivity contribution in [2.75, 3.05) is 0 Å². The fourth-order valence-electron chi connectivity index (χ4n) is 2.52. The highest BCUT2D eigenvalue weighted by atomic mass is 35.5. The second kappa shape index (κ2) is 7.31. The molecule has 0 bridgehead atoms. The summed E-state index contributed by atoms with van der Waals surface area (Å²) in [5, 5.41) is 4.65. The van der Waals surface area contributed by atoms with Gasteiger partial charge in [-0.3, -0.25) is 4.79 Å². The summed E-state index contributed by atoms with van der Waals surface area (Å²) in [7, 11) is -3.99. The molecule has 0 atom stereocenters. The van der Waals surface area contributed by atoms with Gasteiger partial charge in [-0.25, -0.2) is 17.8 Å². The van der Waals surface area contributed by atoms with Crippen molar-refractivity contribution in [1.82, 2.24) is 14.5 Å². The molecule has 0 aliphatic rings. The Balaban J connectivity index is 1.81. The molecule has 134 valence electrons. The van der Waals surface area contributed by atoms with Crippen LogP contribution in [0.3, 0.4) is 0 Å². The van der Waals surface area contributed by atoms with E-state index in [2.05, 4.69) is 9.82 Å². The first-order valence-corrected chi connectivity index (χ1v) is 9.63. The average molecular weight is 390 g/mol. The van der Waals surface area contributed by atoms with E-state index in [1.54, 1.807) is 16.8 Å². The predicted molar refractivity (Wildman–Crippen MR) is 98.8 cm³/mol. The van der Waals surface area contributed by atoms with Crippen LogP contribution in [-0.2, 0) is 21.2 Å². The van der Waals surface area contributed by atoms with E-state index in [-0.39, 0.29) is 16.3 Å². The largest absolute Gasteiger partial charge is 0.274 e. The van der Waals surface area contributed by atoms with Crippen molar-refractivity contribution in [3.05, 3.63) is 77.1 Å². The molecule has 6 nitrogen and oxygen atoms in total. The van der Waals surface area contributed by atoms with Gasteiger partial charge in [0.2, 0.25) is 5.91 Å². The zero-order valence-corrected chi connectivity index (χ0v) is 15.5. The number of halogens is 1. The summed E-state index contributed by atoms with van der Waals surface area (Å²) in [6.45, 7) is 1.81. The lowest BCUT2D eigenvalue weighted by Gasteiger charge is -2.09. The summed E-state index contributed by atoms with van der Waals surface area (Å²) >= 11 is 5.82. The zero-order chi connectivity index (χ0) is 18.7. The minimum absolute atomic E-state index is 0.0638. The van der Waals surface area contributed by atoms with Crippen molar-refractivity contribution in [2.24, 2.45) is 0 Å². The fourth-order valence-corrected chi connectivity index (χ4v) is 3.80. The number of hydrogen-bond acceptors (Lipinski definition) is 4. The Morgan fingerprint density at radius 2 is 1.85 bits per heavy atom. The minimum Gasteiger partial charge on any atom is -0.274 e. The van der Waals surface area contributed by atoms with Gasteiger partial charge in [-0.2, -0.15) is 5.10 Å². The number of amides is 1. The van der Waals surface area contributed by atoms with Gasteiger partial charge >= 0.3 is 0 Å². The molecule has 0 saturated carbocycles. The van der Waals surface area contributed by atoms with Crippen LogP contribution in [0.15, 0.2) is 65.6 Å². The molecule has 8 heteroatoms. The number of aromatic nitrogens is 2. The molecule has 3 aromatic rings. The summed E-state index contributed by atoms with van der Waals surface area (Å²) in [6.07, 6.45) is -0.129. The van der Waals surface area contributed by atoms with Crippen LogP contribution in [-0.4, -0.2) is 24.1 Å². The van der Waals surface area contributed by atoms with Crippen molar-refractivity contribution in [3.63, 3.8) is 0 Å². The number of carbonyl (C=O) groups is 1. The van der Waals surface area contributed by atoms with Gasteiger partial charge < -0.3 is 0 Å².